The highest BCUT2D eigenvalue weighted by Gasteiger charge is 2.16. The van der Waals surface area contributed by atoms with Gasteiger partial charge in [-0.15, -0.1) is 0 Å². The van der Waals surface area contributed by atoms with Crippen LogP contribution in [0.15, 0.2) is 24.3 Å². The molecule has 86 valence electrons. The summed E-state index contributed by atoms with van der Waals surface area (Å²) >= 11 is 0.738. The fourth-order valence-electron chi connectivity index (χ4n) is 1.00. The standard InChI is InChI=1S/C10H11FN2O2S/c1-6(16-10(12)15)9(14)13-8-4-2-7(11)3-5-8/h2-6H,1H3,(H2,12,15)(H,13,14). The molecule has 1 rings (SSSR count). The minimum absolute atomic E-state index is 0.351. The lowest BCUT2D eigenvalue weighted by atomic mass is 10.3. The molecule has 0 aromatic heterocycles. The van der Waals surface area contributed by atoms with Crippen molar-refractivity contribution in [3.05, 3.63) is 30.1 Å². The number of amides is 2. The first-order chi connectivity index (χ1) is 7.49. The minimum atomic E-state index is -0.609. The van der Waals surface area contributed by atoms with Crippen LogP contribution in [0.1, 0.15) is 6.92 Å². The molecule has 2 amide bonds. The van der Waals surface area contributed by atoms with Crippen molar-refractivity contribution in [1.82, 2.24) is 0 Å². The first-order valence-corrected chi connectivity index (χ1v) is 5.39. The number of carbonyl (C=O) groups excluding carboxylic acids is 2. The Morgan fingerprint density at radius 3 is 2.44 bits per heavy atom. The molecule has 0 bridgehead atoms. The summed E-state index contributed by atoms with van der Waals surface area (Å²) in [5.74, 6) is -0.729. The summed E-state index contributed by atoms with van der Waals surface area (Å²) in [5.41, 5.74) is 5.41. The topological polar surface area (TPSA) is 72.2 Å². The van der Waals surface area contributed by atoms with Gasteiger partial charge in [-0.05, 0) is 31.2 Å². The summed E-state index contributed by atoms with van der Waals surface area (Å²) in [7, 11) is 0. The Hall–Kier alpha value is -1.56. The summed E-state index contributed by atoms with van der Waals surface area (Å²) in [4.78, 5) is 22.1. The molecule has 16 heavy (non-hydrogen) atoms. The smallest absolute Gasteiger partial charge is 0.277 e. The Balaban J connectivity index is 2.57. The normalized spacial score (nSPS) is 11.9. The first kappa shape index (κ1) is 12.5. The van der Waals surface area contributed by atoms with Gasteiger partial charge in [-0.2, -0.15) is 0 Å². The predicted molar refractivity (Wildman–Crippen MR) is 61.7 cm³/mol. The van der Waals surface area contributed by atoms with E-state index in [-0.39, 0.29) is 11.7 Å². The summed E-state index contributed by atoms with van der Waals surface area (Å²) < 4.78 is 12.6. The number of nitrogens with two attached hydrogens (primary N) is 1. The summed E-state index contributed by atoms with van der Waals surface area (Å²) in [6.07, 6.45) is 0. The number of benzene rings is 1. The van der Waals surface area contributed by atoms with Gasteiger partial charge in [0.1, 0.15) is 5.82 Å². The van der Waals surface area contributed by atoms with E-state index in [1.807, 2.05) is 0 Å². The minimum Gasteiger partial charge on any atom is -0.360 e. The van der Waals surface area contributed by atoms with Crippen LogP contribution in [-0.4, -0.2) is 16.4 Å². The van der Waals surface area contributed by atoms with E-state index in [9.17, 15) is 14.0 Å². The van der Waals surface area contributed by atoms with Crippen LogP contribution >= 0.6 is 11.8 Å². The van der Waals surface area contributed by atoms with Gasteiger partial charge < -0.3 is 11.1 Å². The lowest BCUT2D eigenvalue weighted by Crippen LogP contribution is -2.24. The van der Waals surface area contributed by atoms with E-state index in [0.29, 0.717) is 5.69 Å². The van der Waals surface area contributed by atoms with Crippen molar-refractivity contribution in [2.24, 2.45) is 5.73 Å². The van der Waals surface area contributed by atoms with E-state index in [2.05, 4.69) is 5.32 Å². The number of anilines is 1. The van der Waals surface area contributed by atoms with Crippen LogP contribution in [0.25, 0.3) is 0 Å². The zero-order chi connectivity index (χ0) is 12.1. The van der Waals surface area contributed by atoms with Crippen molar-refractivity contribution in [3.8, 4) is 0 Å². The molecule has 0 fully saturated rings. The average Bonchev–Trinajstić information content (AvgIpc) is 2.20. The van der Waals surface area contributed by atoms with Crippen LogP contribution in [0.3, 0.4) is 0 Å². The van der Waals surface area contributed by atoms with Gasteiger partial charge in [0.05, 0.1) is 5.25 Å². The SMILES string of the molecule is CC(SC(N)=O)C(=O)Nc1ccc(F)cc1. The van der Waals surface area contributed by atoms with Crippen molar-refractivity contribution in [3.63, 3.8) is 0 Å². The number of hydrogen-bond acceptors (Lipinski definition) is 3. The third-order valence-electron chi connectivity index (χ3n) is 1.77. The second-order valence-corrected chi connectivity index (χ2v) is 4.42. The second-order valence-electron chi connectivity index (χ2n) is 3.08. The van der Waals surface area contributed by atoms with Crippen molar-refractivity contribution in [2.75, 3.05) is 5.32 Å². The van der Waals surface area contributed by atoms with Gasteiger partial charge >= 0.3 is 0 Å². The van der Waals surface area contributed by atoms with E-state index in [0.717, 1.165) is 11.8 Å². The molecule has 0 aliphatic heterocycles. The van der Waals surface area contributed by atoms with E-state index >= 15 is 0 Å². The van der Waals surface area contributed by atoms with Gasteiger partial charge in [0.25, 0.3) is 5.24 Å². The van der Waals surface area contributed by atoms with Crippen LogP contribution in [0.2, 0.25) is 0 Å². The maximum atomic E-state index is 12.6. The number of carbonyl (C=O) groups is 2. The van der Waals surface area contributed by atoms with Crippen LogP contribution < -0.4 is 11.1 Å². The Morgan fingerprint density at radius 2 is 1.94 bits per heavy atom. The Morgan fingerprint density at radius 1 is 1.38 bits per heavy atom. The number of nitrogens with one attached hydrogen (secondary N) is 1. The molecule has 3 N–H and O–H groups in total. The molecule has 0 spiro atoms. The number of thioether (sulfide) groups is 1. The van der Waals surface area contributed by atoms with Gasteiger partial charge in [-0.3, -0.25) is 9.59 Å². The zero-order valence-electron chi connectivity index (χ0n) is 8.57. The van der Waals surface area contributed by atoms with E-state index in [4.69, 9.17) is 5.73 Å². The first-order valence-electron chi connectivity index (χ1n) is 4.51. The molecule has 0 heterocycles. The third kappa shape index (κ3) is 3.90. The van der Waals surface area contributed by atoms with Crippen LogP contribution in [0.5, 0.6) is 0 Å². The van der Waals surface area contributed by atoms with E-state index < -0.39 is 10.5 Å². The van der Waals surface area contributed by atoms with Crippen molar-refractivity contribution in [2.45, 2.75) is 12.2 Å². The molecule has 6 heteroatoms. The molecule has 1 aromatic rings. The Bertz CT molecular complexity index is 394. The summed E-state index contributed by atoms with van der Waals surface area (Å²) in [5, 5.41) is 1.35. The average molecular weight is 242 g/mol. The molecule has 1 aromatic carbocycles. The largest absolute Gasteiger partial charge is 0.360 e. The molecule has 0 radical (unpaired) electrons. The summed E-state index contributed by atoms with van der Waals surface area (Å²) in [6.45, 7) is 1.56. The molecule has 0 aliphatic rings. The lowest BCUT2D eigenvalue weighted by molar-refractivity contribution is -0.115. The second kappa shape index (κ2) is 5.50. The summed E-state index contributed by atoms with van der Waals surface area (Å²) in [6, 6.07) is 5.35. The Labute approximate surface area is 96.4 Å². The van der Waals surface area contributed by atoms with Crippen molar-refractivity contribution in [1.29, 1.82) is 0 Å². The number of primary amides is 1. The van der Waals surface area contributed by atoms with Crippen molar-refractivity contribution >= 4 is 28.6 Å². The molecular weight excluding hydrogens is 231 g/mol. The third-order valence-corrected chi connectivity index (χ3v) is 2.57. The van der Waals surface area contributed by atoms with Gasteiger partial charge in [0.15, 0.2) is 0 Å². The van der Waals surface area contributed by atoms with E-state index in [1.54, 1.807) is 6.92 Å². The monoisotopic (exact) mass is 242 g/mol. The highest BCUT2D eigenvalue weighted by Crippen LogP contribution is 2.14. The maximum absolute atomic E-state index is 12.6. The molecule has 0 aliphatic carbocycles. The van der Waals surface area contributed by atoms with Crippen LogP contribution in [0, 0.1) is 5.82 Å². The zero-order valence-corrected chi connectivity index (χ0v) is 9.38. The van der Waals surface area contributed by atoms with Crippen LogP contribution in [0.4, 0.5) is 14.9 Å². The molecular formula is C10H11FN2O2S. The van der Waals surface area contributed by atoms with Crippen molar-refractivity contribution < 1.29 is 14.0 Å². The fraction of sp³-hybridized carbons (Fsp3) is 0.200. The highest BCUT2D eigenvalue weighted by molar-refractivity contribution is 8.14. The molecule has 4 nitrogen and oxygen atoms in total. The highest BCUT2D eigenvalue weighted by atomic mass is 32.2. The molecule has 1 atom stereocenters. The maximum Gasteiger partial charge on any atom is 0.277 e. The van der Waals surface area contributed by atoms with Crippen LogP contribution in [-0.2, 0) is 4.79 Å². The number of halogens is 1. The molecule has 1 unspecified atom stereocenters. The Kier molecular flexibility index (Phi) is 4.30. The quantitative estimate of drug-likeness (QED) is 0.851. The van der Waals surface area contributed by atoms with Gasteiger partial charge in [-0.1, -0.05) is 11.8 Å². The predicted octanol–water partition coefficient (Wildman–Crippen LogP) is 1.96. The molecule has 0 saturated heterocycles. The lowest BCUT2D eigenvalue weighted by Gasteiger charge is -2.09. The van der Waals surface area contributed by atoms with Gasteiger partial charge in [0, 0.05) is 5.69 Å². The fourth-order valence-corrected chi connectivity index (χ4v) is 1.52. The number of rotatable bonds is 3. The van der Waals surface area contributed by atoms with Gasteiger partial charge in [0.2, 0.25) is 5.91 Å². The van der Waals surface area contributed by atoms with E-state index in [1.165, 1.54) is 24.3 Å². The van der Waals surface area contributed by atoms with Gasteiger partial charge in [-0.25, -0.2) is 4.39 Å². The number of hydrogen-bond donors (Lipinski definition) is 2. The molecule has 0 saturated carbocycles.